The summed E-state index contributed by atoms with van der Waals surface area (Å²) in [6.07, 6.45) is 4.05. The Morgan fingerprint density at radius 3 is 2.40 bits per heavy atom. The van der Waals surface area contributed by atoms with E-state index in [1.165, 1.54) is 13.2 Å². The molecule has 0 radical (unpaired) electrons. The highest BCUT2D eigenvalue weighted by Gasteiger charge is 2.26. The van der Waals surface area contributed by atoms with Crippen LogP contribution >= 0.6 is 0 Å². The van der Waals surface area contributed by atoms with Crippen molar-refractivity contribution in [2.45, 2.75) is 77.0 Å². The molecule has 1 heterocycles. The molecule has 3 rings (SSSR count). The van der Waals surface area contributed by atoms with Crippen LogP contribution in [-0.2, 0) is 19.1 Å². The number of carbonyl (C=O) groups excluding carboxylic acids is 3. The van der Waals surface area contributed by atoms with E-state index in [1.54, 1.807) is 20.8 Å². The van der Waals surface area contributed by atoms with E-state index < -0.39 is 29.5 Å². The van der Waals surface area contributed by atoms with Crippen molar-refractivity contribution in [3.63, 3.8) is 0 Å². The lowest BCUT2D eigenvalue weighted by Crippen LogP contribution is -2.42. The fourth-order valence-electron chi connectivity index (χ4n) is 3.77. The lowest BCUT2D eigenvalue weighted by Gasteiger charge is -2.21. The van der Waals surface area contributed by atoms with Gasteiger partial charge in [-0.1, -0.05) is 30.3 Å². The molecular weight excluding hydrogens is 450 g/mol. The van der Waals surface area contributed by atoms with Gasteiger partial charge in [-0.2, -0.15) is 4.98 Å². The first-order valence-corrected chi connectivity index (χ1v) is 11.9. The number of aromatic nitrogens is 2. The van der Waals surface area contributed by atoms with E-state index in [0.29, 0.717) is 11.7 Å². The van der Waals surface area contributed by atoms with Gasteiger partial charge in [-0.05, 0) is 52.9 Å². The number of benzene rings is 1. The largest absolute Gasteiger partial charge is 0.474 e. The third kappa shape index (κ3) is 8.05. The molecule has 1 saturated carbocycles. The van der Waals surface area contributed by atoms with E-state index in [1.807, 2.05) is 30.3 Å². The molecule has 1 aliphatic carbocycles. The molecular formula is C26H33N3O6. The van der Waals surface area contributed by atoms with Crippen molar-refractivity contribution in [2.75, 3.05) is 7.11 Å². The number of rotatable bonds is 9. The third-order valence-corrected chi connectivity index (χ3v) is 5.41. The van der Waals surface area contributed by atoms with Crippen LogP contribution in [0.1, 0.15) is 69.8 Å². The molecule has 2 aromatic rings. The Bertz CT molecular complexity index is 1030. The van der Waals surface area contributed by atoms with Crippen molar-refractivity contribution < 1.29 is 28.6 Å². The smallest absolute Gasteiger partial charge is 0.328 e. The maximum absolute atomic E-state index is 13.1. The topological polar surface area (TPSA) is 117 Å². The Morgan fingerprint density at radius 2 is 1.77 bits per heavy atom. The van der Waals surface area contributed by atoms with Crippen molar-refractivity contribution in [3.8, 4) is 17.3 Å². The summed E-state index contributed by atoms with van der Waals surface area (Å²) in [6.45, 7) is 5.28. The van der Waals surface area contributed by atoms with E-state index >= 15 is 0 Å². The SMILES string of the molecule is COC(=O)C(CCC(=O)OC(C)(C)C)NC(=O)c1cc(OC2CCCC2)nc(-c2ccccc2)n1. The van der Waals surface area contributed by atoms with Gasteiger partial charge in [0.2, 0.25) is 5.88 Å². The highest BCUT2D eigenvalue weighted by molar-refractivity contribution is 5.95. The highest BCUT2D eigenvalue weighted by Crippen LogP contribution is 2.25. The summed E-state index contributed by atoms with van der Waals surface area (Å²) in [4.78, 5) is 46.5. The van der Waals surface area contributed by atoms with Crippen molar-refractivity contribution >= 4 is 17.8 Å². The monoisotopic (exact) mass is 483 g/mol. The van der Waals surface area contributed by atoms with Gasteiger partial charge in [-0.3, -0.25) is 9.59 Å². The van der Waals surface area contributed by atoms with Crippen LogP contribution < -0.4 is 10.1 Å². The molecule has 1 amide bonds. The van der Waals surface area contributed by atoms with Gasteiger partial charge >= 0.3 is 11.9 Å². The normalized spacial score (nSPS) is 14.7. The van der Waals surface area contributed by atoms with E-state index in [9.17, 15) is 14.4 Å². The third-order valence-electron chi connectivity index (χ3n) is 5.41. The fourth-order valence-corrected chi connectivity index (χ4v) is 3.77. The van der Waals surface area contributed by atoms with Crippen LogP contribution in [-0.4, -0.2) is 52.7 Å². The van der Waals surface area contributed by atoms with Crippen LogP contribution in [0, 0.1) is 0 Å². The number of ether oxygens (including phenoxy) is 3. The maximum atomic E-state index is 13.1. The van der Waals surface area contributed by atoms with Gasteiger partial charge in [0.05, 0.1) is 7.11 Å². The number of nitrogens with one attached hydrogen (secondary N) is 1. The van der Waals surface area contributed by atoms with Crippen LogP contribution in [0.5, 0.6) is 5.88 Å². The second-order valence-electron chi connectivity index (χ2n) is 9.48. The molecule has 9 heteroatoms. The molecule has 1 atom stereocenters. The predicted molar refractivity (Wildman–Crippen MR) is 129 cm³/mol. The van der Waals surface area contributed by atoms with Crippen molar-refractivity contribution in [1.29, 1.82) is 0 Å². The number of methoxy groups -OCH3 is 1. The summed E-state index contributed by atoms with van der Waals surface area (Å²) in [5.74, 6) is -1.09. The van der Waals surface area contributed by atoms with Crippen LogP contribution in [0.15, 0.2) is 36.4 Å². The summed E-state index contributed by atoms with van der Waals surface area (Å²) in [7, 11) is 1.22. The van der Waals surface area contributed by atoms with Crippen molar-refractivity contribution in [3.05, 3.63) is 42.1 Å². The Balaban J connectivity index is 1.80. The quantitative estimate of drug-likeness (QED) is 0.535. The number of nitrogens with zero attached hydrogens (tertiary/aromatic N) is 2. The summed E-state index contributed by atoms with van der Waals surface area (Å²) in [5.41, 5.74) is 0.136. The second kappa shape index (κ2) is 11.8. The molecule has 1 aromatic carbocycles. The summed E-state index contributed by atoms with van der Waals surface area (Å²) in [5, 5.41) is 2.63. The molecule has 0 aliphatic heterocycles. The zero-order chi connectivity index (χ0) is 25.4. The first-order chi connectivity index (χ1) is 16.6. The van der Waals surface area contributed by atoms with Gasteiger partial charge in [-0.15, -0.1) is 0 Å². The lowest BCUT2D eigenvalue weighted by atomic mass is 10.1. The van der Waals surface area contributed by atoms with E-state index in [4.69, 9.17) is 14.2 Å². The zero-order valence-corrected chi connectivity index (χ0v) is 20.7. The molecule has 9 nitrogen and oxygen atoms in total. The Morgan fingerprint density at radius 1 is 1.09 bits per heavy atom. The Kier molecular flexibility index (Phi) is 8.78. The number of carbonyl (C=O) groups is 3. The maximum Gasteiger partial charge on any atom is 0.328 e. The Labute approximate surface area is 205 Å². The zero-order valence-electron chi connectivity index (χ0n) is 20.7. The van der Waals surface area contributed by atoms with Gasteiger partial charge in [0.1, 0.15) is 23.4 Å². The minimum atomic E-state index is -1.05. The molecule has 1 unspecified atom stereocenters. The standard InChI is InChI=1S/C26H33N3O6/c1-26(2,3)35-22(30)15-14-19(25(32)33-4)28-24(31)20-16-21(34-18-12-8-9-13-18)29-23(27-20)17-10-6-5-7-11-17/h5-7,10-11,16,18-19H,8-9,12-15H2,1-4H3,(H,28,31). The van der Waals surface area contributed by atoms with Crippen LogP contribution in [0.3, 0.4) is 0 Å². The van der Waals surface area contributed by atoms with E-state index in [0.717, 1.165) is 31.2 Å². The van der Waals surface area contributed by atoms with Crippen LogP contribution in [0.25, 0.3) is 11.4 Å². The average Bonchev–Trinajstić information content (AvgIpc) is 3.33. The van der Waals surface area contributed by atoms with Crippen molar-refractivity contribution in [2.24, 2.45) is 0 Å². The molecule has 0 saturated heterocycles. The predicted octanol–water partition coefficient (Wildman–Crippen LogP) is 3.86. The number of amides is 1. The highest BCUT2D eigenvalue weighted by atomic mass is 16.6. The first kappa shape index (κ1) is 26.1. The fraction of sp³-hybridized carbons (Fsp3) is 0.500. The van der Waals surface area contributed by atoms with Crippen LogP contribution in [0.2, 0.25) is 0 Å². The molecule has 0 spiro atoms. The Hall–Kier alpha value is -3.49. The molecule has 1 fully saturated rings. The molecule has 0 bridgehead atoms. The average molecular weight is 484 g/mol. The first-order valence-electron chi connectivity index (χ1n) is 11.9. The summed E-state index contributed by atoms with van der Waals surface area (Å²) >= 11 is 0. The molecule has 188 valence electrons. The van der Waals surface area contributed by atoms with Gasteiger partial charge in [0.15, 0.2) is 5.82 Å². The van der Waals surface area contributed by atoms with Crippen molar-refractivity contribution in [1.82, 2.24) is 15.3 Å². The molecule has 1 N–H and O–H groups in total. The van der Waals surface area contributed by atoms with Gasteiger partial charge in [0, 0.05) is 18.1 Å². The van der Waals surface area contributed by atoms with Gasteiger partial charge < -0.3 is 19.5 Å². The molecule has 35 heavy (non-hydrogen) atoms. The number of hydrogen-bond acceptors (Lipinski definition) is 8. The minimum absolute atomic E-state index is 0.0232. The van der Waals surface area contributed by atoms with E-state index in [-0.39, 0.29) is 24.6 Å². The number of esters is 2. The minimum Gasteiger partial charge on any atom is -0.474 e. The molecule has 1 aliphatic rings. The summed E-state index contributed by atoms with van der Waals surface area (Å²) < 4.78 is 16.2. The lowest BCUT2D eigenvalue weighted by molar-refractivity contribution is -0.155. The summed E-state index contributed by atoms with van der Waals surface area (Å²) in [6, 6.07) is 9.70. The van der Waals surface area contributed by atoms with Crippen LogP contribution in [0.4, 0.5) is 0 Å². The second-order valence-corrected chi connectivity index (χ2v) is 9.48. The number of hydrogen-bond donors (Lipinski definition) is 1. The molecule has 1 aromatic heterocycles. The van der Waals surface area contributed by atoms with E-state index in [2.05, 4.69) is 15.3 Å². The van der Waals surface area contributed by atoms with Gasteiger partial charge in [0.25, 0.3) is 5.91 Å². The van der Waals surface area contributed by atoms with Gasteiger partial charge in [-0.25, -0.2) is 9.78 Å².